The Labute approximate surface area is 181 Å². The fourth-order valence-electron chi connectivity index (χ4n) is 4.87. The first kappa shape index (κ1) is 21.5. The number of carbonyl (C=O) groups is 3. The zero-order valence-corrected chi connectivity index (χ0v) is 18.0. The normalized spacial score (nSPS) is 23.9. The van der Waals surface area contributed by atoms with Gasteiger partial charge < -0.3 is 19.9 Å². The van der Waals surface area contributed by atoms with E-state index in [0.717, 1.165) is 25.9 Å². The van der Waals surface area contributed by atoms with Crippen molar-refractivity contribution >= 4 is 29.2 Å². The Morgan fingerprint density at radius 3 is 2.68 bits per heavy atom. The number of amides is 2. The first-order valence-electron chi connectivity index (χ1n) is 10.8. The summed E-state index contributed by atoms with van der Waals surface area (Å²) in [6.07, 6.45) is 1.02. The molecule has 1 aromatic rings. The van der Waals surface area contributed by atoms with Gasteiger partial charge in [-0.05, 0) is 38.1 Å². The molecular formula is C22H29FN4O4. The summed E-state index contributed by atoms with van der Waals surface area (Å²) in [6.45, 7) is 4.71. The summed E-state index contributed by atoms with van der Waals surface area (Å²) in [5, 5.41) is 2.62. The molecule has 3 fully saturated rings. The number of cyclic esters (lactones) is 1. The summed E-state index contributed by atoms with van der Waals surface area (Å²) < 4.78 is 20.2. The molecule has 1 spiro atoms. The maximum absolute atomic E-state index is 15.0. The van der Waals surface area contributed by atoms with E-state index in [1.165, 1.54) is 17.9 Å². The van der Waals surface area contributed by atoms with Crippen molar-refractivity contribution < 1.29 is 23.5 Å². The van der Waals surface area contributed by atoms with E-state index in [9.17, 15) is 18.8 Å². The number of piperidine rings is 2. The van der Waals surface area contributed by atoms with Crippen molar-refractivity contribution in [2.45, 2.75) is 32.3 Å². The first-order chi connectivity index (χ1) is 14.8. The smallest absolute Gasteiger partial charge is 0.414 e. The van der Waals surface area contributed by atoms with Crippen LogP contribution in [0.4, 0.5) is 20.6 Å². The van der Waals surface area contributed by atoms with E-state index in [1.807, 2.05) is 11.9 Å². The van der Waals surface area contributed by atoms with Crippen LogP contribution in [0.3, 0.4) is 0 Å². The van der Waals surface area contributed by atoms with Crippen LogP contribution in [0.5, 0.6) is 0 Å². The second-order valence-corrected chi connectivity index (χ2v) is 8.87. The number of nitrogens with zero attached hydrogens (tertiary/aromatic N) is 3. The maximum atomic E-state index is 15.0. The van der Waals surface area contributed by atoms with Gasteiger partial charge in [0, 0.05) is 44.9 Å². The average Bonchev–Trinajstić information content (AvgIpc) is 3.11. The molecule has 0 saturated carbocycles. The van der Waals surface area contributed by atoms with Gasteiger partial charge in [-0.25, -0.2) is 9.18 Å². The van der Waals surface area contributed by atoms with Gasteiger partial charge >= 0.3 is 6.09 Å². The molecule has 0 aliphatic carbocycles. The quantitative estimate of drug-likeness (QED) is 0.781. The van der Waals surface area contributed by atoms with Crippen LogP contribution in [0.2, 0.25) is 0 Å². The lowest BCUT2D eigenvalue weighted by Crippen LogP contribution is -2.53. The highest BCUT2D eigenvalue weighted by Gasteiger charge is 2.44. The lowest BCUT2D eigenvalue weighted by Gasteiger charge is -2.46. The lowest BCUT2D eigenvalue weighted by atomic mass is 9.71. The summed E-state index contributed by atoms with van der Waals surface area (Å²) >= 11 is 0. The van der Waals surface area contributed by atoms with E-state index < -0.39 is 18.0 Å². The average molecular weight is 432 g/mol. The summed E-state index contributed by atoms with van der Waals surface area (Å²) in [5.41, 5.74) is 0.606. The third kappa shape index (κ3) is 4.37. The van der Waals surface area contributed by atoms with Crippen LogP contribution in [-0.2, 0) is 14.3 Å². The van der Waals surface area contributed by atoms with Gasteiger partial charge in [-0.2, -0.15) is 0 Å². The minimum Gasteiger partial charge on any atom is -0.442 e. The number of benzene rings is 1. The standard InChI is InChI=1S/C22H29FN4O4/c1-15(28)24-12-17-13-27(21(30)31-17)16-3-4-19(18(23)11-16)26-9-6-22(7-10-26)14-25(2)8-5-20(22)29/h3-4,11,17H,5-10,12-14H2,1-2H3,(H,24,28). The molecule has 3 heterocycles. The second-order valence-electron chi connectivity index (χ2n) is 8.87. The van der Waals surface area contributed by atoms with E-state index in [2.05, 4.69) is 10.2 Å². The van der Waals surface area contributed by atoms with Crippen molar-refractivity contribution in [2.24, 2.45) is 5.41 Å². The van der Waals surface area contributed by atoms with Gasteiger partial charge in [0.2, 0.25) is 5.91 Å². The summed E-state index contributed by atoms with van der Waals surface area (Å²) in [4.78, 5) is 41.4. The number of likely N-dealkylation sites (tertiary alicyclic amines) is 1. The minimum absolute atomic E-state index is 0.199. The highest BCUT2D eigenvalue weighted by Crippen LogP contribution is 2.39. The number of carbonyl (C=O) groups excluding carboxylic acids is 3. The van der Waals surface area contributed by atoms with E-state index in [0.29, 0.717) is 36.7 Å². The Kier molecular flexibility index (Phi) is 5.88. The van der Waals surface area contributed by atoms with Crippen LogP contribution in [-0.4, -0.2) is 75.1 Å². The fraction of sp³-hybridized carbons (Fsp3) is 0.591. The van der Waals surface area contributed by atoms with Crippen LogP contribution in [0.1, 0.15) is 26.2 Å². The number of anilines is 2. The zero-order chi connectivity index (χ0) is 22.2. The largest absolute Gasteiger partial charge is 0.442 e. The third-order valence-electron chi connectivity index (χ3n) is 6.64. The molecular weight excluding hydrogens is 403 g/mol. The third-order valence-corrected chi connectivity index (χ3v) is 6.64. The van der Waals surface area contributed by atoms with Crippen LogP contribution >= 0.6 is 0 Å². The molecule has 0 radical (unpaired) electrons. The number of halogens is 1. The predicted molar refractivity (Wildman–Crippen MR) is 114 cm³/mol. The van der Waals surface area contributed by atoms with Crippen molar-refractivity contribution in [3.8, 4) is 0 Å². The Bertz CT molecular complexity index is 884. The van der Waals surface area contributed by atoms with E-state index in [4.69, 9.17) is 4.74 Å². The van der Waals surface area contributed by atoms with Gasteiger partial charge in [-0.3, -0.25) is 14.5 Å². The molecule has 4 rings (SSSR count). The van der Waals surface area contributed by atoms with Crippen molar-refractivity contribution in [2.75, 3.05) is 56.1 Å². The number of ketones is 1. The Morgan fingerprint density at radius 2 is 2.00 bits per heavy atom. The van der Waals surface area contributed by atoms with Gasteiger partial charge in [-0.1, -0.05) is 0 Å². The number of ether oxygens (including phenoxy) is 1. The van der Waals surface area contributed by atoms with Crippen molar-refractivity contribution in [1.82, 2.24) is 10.2 Å². The maximum Gasteiger partial charge on any atom is 0.414 e. The SMILES string of the molecule is CC(=O)NCC1CN(c2ccc(N3CCC4(CC3)CN(C)CCC4=O)c(F)c2)C(=O)O1. The second kappa shape index (κ2) is 8.45. The van der Waals surface area contributed by atoms with Gasteiger partial charge in [0.25, 0.3) is 0 Å². The summed E-state index contributed by atoms with van der Waals surface area (Å²) in [6, 6.07) is 4.75. The number of hydrogen-bond donors (Lipinski definition) is 1. The molecule has 8 nitrogen and oxygen atoms in total. The number of rotatable bonds is 4. The van der Waals surface area contributed by atoms with Gasteiger partial charge in [0.05, 0.1) is 24.5 Å². The van der Waals surface area contributed by atoms with Crippen molar-refractivity contribution in [3.63, 3.8) is 0 Å². The molecule has 1 aromatic carbocycles. The number of hydrogen-bond acceptors (Lipinski definition) is 6. The van der Waals surface area contributed by atoms with Gasteiger partial charge in [-0.15, -0.1) is 0 Å². The molecule has 3 saturated heterocycles. The predicted octanol–water partition coefficient (Wildman–Crippen LogP) is 1.78. The lowest BCUT2D eigenvalue weighted by molar-refractivity contribution is -0.134. The molecule has 0 aromatic heterocycles. The van der Waals surface area contributed by atoms with E-state index in [-0.39, 0.29) is 24.4 Å². The molecule has 31 heavy (non-hydrogen) atoms. The molecule has 1 unspecified atom stereocenters. The molecule has 168 valence electrons. The van der Waals surface area contributed by atoms with Crippen LogP contribution in [0, 0.1) is 11.2 Å². The number of nitrogens with one attached hydrogen (secondary N) is 1. The topological polar surface area (TPSA) is 82.2 Å². The van der Waals surface area contributed by atoms with E-state index in [1.54, 1.807) is 12.1 Å². The molecule has 3 aliphatic heterocycles. The molecule has 0 bridgehead atoms. The number of Topliss-reactive ketones (excluding diaryl/α,β-unsaturated/α-hetero) is 1. The van der Waals surface area contributed by atoms with Crippen LogP contribution in [0.25, 0.3) is 0 Å². The minimum atomic E-state index is -0.553. The first-order valence-corrected chi connectivity index (χ1v) is 10.8. The molecule has 3 aliphatic rings. The molecule has 1 atom stereocenters. The fourth-order valence-corrected chi connectivity index (χ4v) is 4.87. The Morgan fingerprint density at radius 1 is 1.26 bits per heavy atom. The van der Waals surface area contributed by atoms with Crippen molar-refractivity contribution in [1.29, 1.82) is 0 Å². The molecule has 2 amide bonds. The molecule has 9 heteroatoms. The van der Waals surface area contributed by atoms with Gasteiger partial charge in [0.15, 0.2) is 0 Å². The van der Waals surface area contributed by atoms with E-state index >= 15 is 0 Å². The highest BCUT2D eigenvalue weighted by atomic mass is 19.1. The highest BCUT2D eigenvalue weighted by molar-refractivity contribution is 5.90. The molecule has 1 N–H and O–H groups in total. The van der Waals surface area contributed by atoms with Crippen LogP contribution in [0.15, 0.2) is 18.2 Å². The monoisotopic (exact) mass is 432 g/mol. The zero-order valence-electron chi connectivity index (χ0n) is 18.0. The van der Waals surface area contributed by atoms with Gasteiger partial charge in [0.1, 0.15) is 17.7 Å². The summed E-state index contributed by atoms with van der Waals surface area (Å²) in [5.74, 6) is -0.268. The Hall–Kier alpha value is -2.68. The summed E-state index contributed by atoms with van der Waals surface area (Å²) in [7, 11) is 2.04. The Balaban J connectivity index is 1.41. The van der Waals surface area contributed by atoms with Crippen LogP contribution < -0.4 is 15.1 Å². The van der Waals surface area contributed by atoms with Crippen molar-refractivity contribution in [3.05, 3.63) is 24.0 Å².